The minimum absolute atomic E-state index is 0.0691. The quantitative estimate of drug-likeness (QED) is 0.826. The van der Waals surface area contributed by atoms with E-state index in [4.69, 9.17) is 17.3 Å². The molecule has 0 aliphatic carbocycles. The molecule has 100 valence electrons. The molecule has 0 radical (unpaired) electrons. The van der Waals surface area contributed by atoms with Crippen LogP contribution in [0.1, 0.15) is 27.2 Å². The predicted molar refractivity (Wildman–Crippen MR) is 74.5 cm³/mol. The summed E-state index contributed by atoms with van der Waals surface area (Å²) in [4.78, 5) is 16.0. The summed E-state index contributed by atoms with van der Waals surface area (Å²) in [7, 11) is 0. The number of nitrogens with two attached hydrogens (primary N) is 1. The van der Waals surface area contributed by atoms with Crippen molar-refractivity contribution in [2.24, 2.45) is 17.1 Å². The van der Waals surface area contributed by atoms with Crippen molar-refractivity contribution in [1.29, 1.82) is 0 Å². The Hall–Kier alpha value is -1.13. The van der Waals surface area contributed by atoms with E-state index < -0.39 is 0 Å². The first-order valence-corrected chi connectivity index (χ1v) is 6.32. The number of rotatable bonds is 4. The third kappa shape index (κ3) is 5.02. The van der Waals surface area contributed by atoms with Crippen LogP contribution in [0.2, 0.25) is 5.15 Å². The molecule has 1 aromatic rings. The van der Waals surface area contributed by atoms with E-state index in [0.717, 1.165) is 6.42 Å². The van der Waals surface area contributed by atoms with Gasteiger partial charge in [-0.15, -0.1) is 0 Å². The van der Waals surface area contributed by atoms with Crippen molar-refractivity contribution in [2.45, 2.75) is 27.2 Å². The highest BCUT2D eigenvalue weighted by Crippen LogP contribution is 2.24. The maximum Gasteiger partial charge on any atom is 0.228 e. The number of pyridine rings is 1. The molecule has 1 rings (SSSR count). The molecule has 0 aliphatic rings. The molecule has 0 aromatic carbocycles. The minimum Gasteiger partial charge on any atom is -0.330 e. The molecule has 0 saturated heterocycles. The Morgan fingerprint density at radius 1 is 1.50 bits per heavy atom. The van der Waals surface area contributed by atoms with Crippen LogP contribution in [-0.4, -0.2) is 17.4 Å². The number of carbonyl (C=O) groups is 1. The van der Waals surface area contributed by atoms with Gasteiger partial charge >= 0.3 is 0 Å². The van der Waals surface area contributed by atoms with E-state index in [9.17, 15) is 4.79 Å². The second-order valence-corrected chi connectivity index (χ2v) is 5.94. The topological polar surface area (TPSA) is 68.0 Å². The smallest absolute Gasteiger partial charge is 0.228 e. The van der Waals surface area contributed by atoms with Crippen LogP contribution in [-0.2, 0) is 4.79 Å². The number of carbonyl (C=O) groups excluding carboxylic acids is 1. The molecule has 1 heterocycles. The summed E-state index contributed by atoms with van der Waals surface area (Å²) in [6, 6.07) is 3.36. The fraction of sp³-hybridized carbons (Fsp3) is 0.538. The summed E-state index contributed by atoms with van der Waals surface area (Å²) in [5.41, 5.74) is 6.37. The molecule has 4 nitrogen and oxygen atoms in total. The van der Waals surface area contributed by atoms with Crippen LogP contribution in [0.25, 0.3) is 0 Å². The Morgan fingerprint density at radius 3 is 2.61 bits per heavy atom. The van der Waals surface area contributed by atoms with Gasteiger partial charge in [0.1, 0.15) is 5.15 Å². The number of nitrogens with zero attached hydrogens (tertiary/aromatic N) is 1. The number of aromatic nitrogens is 1. The number of nitrogens with one attached hydrogen (secondary N) is 1. The van der Waals surface area contributed by atoms with Gasteiger partial charge in [0.15, 0.2) is 0 Å². The summed E-state index contributed by atoms with van der Waals surface area (Å²) >= 11 is 5.68. The lowest BCUT2D eigenvalue weighted by Gasteiger charge is -2.24. The molecule has 1 atom stereocenters. The van der Waals surface area contributed by atoms with Crippen molar-refractivity contribution in [3.05, 3.63) is 23.5 Å². The Labute approximate surface area is 113 Å². The molecule has 3 N–H and O–H groups in total. The maximum atomic E-state index is 12.1. The van der Waals surface area contributed by atoms with E-state index in [1.165, 1.54) is 6.20 Å². The molecule has 0 aliphatic heterocycles. The summed E-state index contributed by atoms with van der Waals surface area (Å²) in [5.74, 6) is -0.266. The maximum absolute atomic E-state index is 12.1. The van der Waals surface area contributed by atoms with Crippen molar-refractivity contribution in [3.8, 4) is 0 Å². The molecule has 18 heavy (non-hydrogen) atoms. The lowest BCUT2D eigenvalue weighted by atomic mass is 9.84. The number of halogens is 1. The molecule has 0 spiro atoms. The summed E-state index contributed by atoms with van der Waals surface area (Å²) < 4.78 is 0. The number of amides is 1. The molecular formula is C13H20ClN3O. The van der Waals surface area contributed by atoms with Gasteiger partial charge in [0.2, 0.25) is 5.91 Å². The zero-order valence-electron chi connectivity index (χ0n) is 11.0. The Kier molecular flexibility index (Phi) is 5.11. The largest absolute Gasteiger partial charge is 0.330 e. The SMILES string of the molecule is CC(C)(C)CC(CN)C(=O)Nc1ccc(Cl)nc1. The van der Waals surface area contributed by atoms with Gasteiger partial charge < -0.3 is 11.1 Å². The Balaban J connectivity index is 2.65. The first-order chi connectivity index (χ1) is 8.31. The molecule has 0 saturated carbocycles. The number of hydrogen-bond acceptors (Lipinski definition) is 3. The average Bonchev–Trinajstić information content (AvgIpc) is 2.27. The lowest BCUT2D eigenvalue weighted by molar-refractivity contribution is -0.120. The highest BCUT2D eigenvalue weighted by Gasteiger charge is 2.23. The molecule has 0 bridgehead atoms. The van der Waals surface area contributed by atoms with E-state index in [1.54, 1.807) is 12.1 Å². The van der Waals surface area contributed by atoms with Crippen LogP contribution in [0.3, 0.4) is 0 Å². The van der Waals surface area contributed by atoms with E-state index in [1.807, 2.05) is 0 Å². The lowest BCUT2D eigenvalue weighted by Crippen LogP contribution is -2.32. The first kappa shape index (κ1) is 14.9. The van der Waals surface area contributed by atoms with Gasteiger partial charge in [0.25, 0.3) is 0 Å². The van der Waals surface area contributed by atoms with Gasteiger partial charge in [-0.1, -0.05) is 32.4 Å². The van der Waals surface area contributed by atoms with Crippen LogP contribution in [0.4, 0.5) is 5.69 Å². The van der Waals surface area contributed by atoms with Crippen molar-refractivity contribution < 1.29 is 4.79 Å². The molecule has 5 heteroatoms. The van der Waals surface area contributed by atoms with E-state index >= 15 is 0 Å². The average molecular weight is 270 g/mol. The second-order valence-electron chi connectivity index (χ2n) is 5.56. The van der Waals surface area contributed by atoms with Crippen molar-refractivity contribution in [2.75, 3.05) is 11.9 Å². The van der Waals surface area contributed by atoms with Crippen molar-refractivity contribution in [1.82, 2.24) is 4.98 Å². The van der Waals surface area contributed by atoms with Crippen LogP contribution in [0.5, 0.6) is 0 Å². The standard InChI is InChI=1S/C13H20ClN3O/c1-13(2,3)6-9(7-15)12(18)17-10-4-5-11(14)16-8-10/h4-5,8-9H,6-7,15H2,1-3H3,(H,17,18). The minimum atomic E-state index is -0.194. The monoisotopic (exact) mass is 269 g/mol. The summed E-state index contributed by atoms with van der Waals surface area (Å²) in [5, 5.41) is 3.20. The number of anilines is 1. The number of hydrogen-bond donors (Lipinski definition) is 2. The summed E-state index contributed by atoms with van der Waals surface area (Å²) in [6.07, 6.45) is 2.28. The van der Waals surface area contributed by atoms with Gasteiger partial charge in [-0.2, -0.15) is 0 Å². The van der Waals surface area contributed by atoms with E-state index in [2.05, 4.69) is 31.1 Å². The van der Waals surface area contributed by atoms with E-state index in [0.29, 0.717) is 17.4 Å². The van der Waals surface area contributed by atoms with Gasteiger partial charge in [-0.05, 0) is 24.0 Å². The van der Waals surface area contributed by atoms with Crippen LogP contribution < -0.4 is 11.1 Å². The molecular weight excluding hydrogens is 250 g/mol. The highest BCUT2D eigenvalue weighted by atomic mass is 35.5. The summed E-state index contributed by atoms with van der Waals surface area (Å²) in [6.45, 7) is 6.61. The van der Waals surface area contributed by atoms with Crippen LogP contribution in [0.15, 0.2) is 18.3 Å². The van der Waals surface area contributed by atoms with Gasteiger partial charge in [-0.25, -0.2) is 4.98 Å². The fourth-order valence-electron chi connectivity index (χ4n) is 1.72. The van der Waals surface area contributed by atoms with Gasteiger partial charge in [-0.3, -0.25) is 4.79 Å². The third-order valence-electron chi connectivity index (χ3n) is 2.51. The zero-order valence-corrected chi connectivity index (χ0v) is 11.8. The zero-order chi connectivity index (χ0) is 13.8. The second kappa shape index (κ2) is 6.16. The first-order valence-electron chi connectivity index (χ1n) is 5.94. The highest BCUT2D eigenvalue weighted by molar-refractivity contribution is 6.29. The fourth-order valence-corrected chi connectivity index (χ4v) is 1.83. The normalized spacial score (nSPS) is 13.2. The van der Waals surface area contributed by atoms with Crippen molar-refractivity contribution in [3.63, 3.8) is 0 Å². The third-order valence-corrected chi connectivity index (χ3v) is 2.73. The molecule has 0 fully saturated rings. The molecule has 1 unspecified atom stereocenters. The van der Waals surface area contributed by atoms with Crippen LogP contribution >= 0.6 is 11.6 Å². The predicted octanol–water partition coefficient (Wildman–Crippen LogP) is 2.68. The van der Waals surface area contributed by atoms with Gasteiger partial charge in [0, 0.05) is 6.54 Å². The Bertz CT molecular complexity index is 398. The Morgan fingerprint density at radius 2 is 2.17 bits per heavy atom. The van der Waals surface area contributed by atoms with E-state index in [-0.39, 0.29) is 17.2 Å². The van der Waals surface area contributed by atoms with Crippen LogP contribution in [0, 0.1) is 11.3 Å². The van der Waals surface area contributed by atoms with Gasteiger partial charge in [0.05, 0.1) is 17.8 Å². The molecule has 1 aromatic heterocycles. The molecule has 1 amide bonds. The van der Waals surface area contributed by atoms with Crippen molar-refractivity contribution >= 4 is 23.2 Å².